The van der Waals surface area contributed by atoms with Crippen LogP contribution in [0.1, 0.15) is 25.3 Å². The van der Waals surface area contributed by atoms with Crippen molar-refractivity contribution in [3.8, 4) is 5.75 Å². The van der Waals surface area contributed by atoms with Crippen LogP contribution < -0.4 is 15.4 Å². The zero-order chi connectivity index (χ0) is 15.4. The van der Waals surface area contributed by atoms with Crippen LogP contribution in [0.2, 0.25) is 0 Å². The van der Waals surface area contributed by atoms with Crippen molar-refractivity contribution in [2.24, 2.45) is 0 Å². The van der Waals surface area contributed by atoms with E-state index >= 15 is 0 Å². The van der Waals surface area contributed by atoms with Gasteiger partial charge in [-0.25, -0.2) is 14.4 Å². The lowest BCUT2D eigenvalue weighted by atomic mass is 10.0. The van der Waals surface area contributed by atoms with Crippen molar-refractivity contribution >= 4 is 17.3 Å². The highest BCUT2D eigenvalue weighted by Gasteiger charge is 2.15. The van der Waals surface area contributed by atoms with Gasteiger partial charge in [0.2, 0.25) is 0 Å². The molecule has 1 aromatic heterocycles. The molecule has 2 N–H and O–H groups in total. The molecule has 0 unspecified atom stereocenters. The maximum atomic E-state index is 13.3. The molecule has 1 heterocycles. The summed E-state index contributed by atoms with van der Waals surface area (Å²) in [7, 11) is 3.32. The Morgan fingerprint density at radius 3 is 2.52 bits per heavy atom. The number of ether oxygens (including phenoxy) is 1. The molecule has 0 atom stereocenters. The van der Waals surface area contributed by atoms with E-state index in [2.05, 4.69) is 34.4 Å². The topological polar surface area (TPSA) is 59.1 Å². The minimum atomic E-state index is -0.347. The average molecular weight is 290 g/mol. The van der Waals surface area contributed by atoms with Gasteiger partial charge in [-0.3, -0.25) is 0 Å². The summed E-state index contributed by atoms with van der Waals surface area (Å²) in [5, 5.41) is 6.25. The fourth-order valence-electron chi connectivity index (χ4n) is 2.14. The van der Waals surface area contributed by atoms with Gasteiger partial charge < -0.3 is 15.4 Å². The molecule has 2 aromatic rings. The normalized spacial score (nSPS) is 10.6. The maximum Gasteiger partial charge on any atom is 0.145 e. The van der Waals surface area contributed by atoms with Gasteiger partial charge >= 0.3 is 0 Å². The SMILES string of the molecule is CNc1ncnc(Nc2ccc(F)cc2OC)c1C(C)C. The van der Waals surface area contributed by atoms with Crippen molar-refractivity contribution in [2.75, 3.05) is 24.8 Å². The third kappa shape index (κ3) is 3.21. The van der Waals surface area contributed by atoms with Crippen LogP contribution in [0.25, 0.3) is 0 Å². The highest BCUT2D eigenvalue weighted by Crippen LogP contribution is 2.33. The third-order valence-corrected chi connectivity index (χ3v) is 3.11. The number of methoxy groups -OCH3 is 1. The van der Waals surface area contributed by atoms with Crippen molar-refractivity contribution in [1.82, 2.24) is 9.97 Å². The van der Waals surface area contributed by atoms with Crippen molar-refractivity contribution in [3.63, 3.8) is 0 Å². The van der Waals surface area contributed by atoms with E-state index in [0.717, 1.165) is 11.4 Å². The molecule has 112 valence electrons. The molecule has 0 spiro atoms. The largest absolute Gasteiger partial charge is 0.494 e. The Morgan fingerprint density at radius 2 is 1.90 bits per heavy atom. The van der Waals surface area contributed by atoms with Gasteiger partial charge in [0.05, 0.1) is 12.8 Å². The molecule has 6 heteroatoms. The van der Waals surface area contributed by atoms with Crippen LogP contribution in [0.4, 0.5) is 21.7 Å². The molecule has 2 rings (SSSR count). The lowest BCUT2D eigenvalue weighted by molar-refractivity contribution is 0.413. The number of halogens is 1. The Bertz CT molecular complexity index is 631. The summed E-state index contributed by atoms with van der Waals surface area (Å²) in [6, 6.07) is 4.33. The van der Waals surface area contributed by atoms with E-state index in [1.807, 2.05) is 7.05 Å². The van der Waals surface area contributed by atoms with Crippen LogP contribution in [-0.4, -0.2) is 24.1 Å². The van der Waals surface area contributed by atoms with Gasteiger partial charge in [0.1, 0.15) is 29.5 Å². The fraction of sp³-hybridized carbons (Fsp3) is 0.333. The number of nitrogens with zero attached hydrogens (tertiary/aromatic N) is 2. The van der Waals surface area contributed by atoms with Gasteiger partial charge in [0.15, 0.2) is 0 Å². The minimum absolute atomic E-state index is 0.225. The Kier molecular flexibility index (Phi) is 4.57. The summed E-state index contributed by atoms with van der Waals surface area (Å²) >= 11 is 0. The number of aromatic nitrogens is 2. The van der Waals surface area contributed by atoms with E-state index in [9.17, 15) is 4.39 Å². The number of hydrogen-bond donors (Lipinski definition) is 2. The molecule has 0 aliphatic rings. The van der Waals surface area contributed by atoms with E-state index in [4.69, 9.17) is 4.74 Å². The number of anilines is 3. The summed E-state index contributed by atoms with van der Waals surface area (Å²) in [4.78, 5) is 8.51. The van der Waals surface area contributed by atoms with Crippen LogP contribution in [0, 0.1) is 5.82 Å². The lowest BCUT2D eigenvalue weighted by Crippen LogP contribution is -2.07. The smallest absolute Gasteiger partial charge is 0.145 e. The summed E-state index contributed by atoms with van der Waals surface area (Å²) in [6.45, 7) is 4.12. The Balaban J connectivity index is 2.44. The number of hydrogen-bond acceptors (Lipinski definition) is 5. The number of benzene rings is 1. The van der Waals surface area contributed by atoms with E-state index < -0.39 is 0 Å². The van der Waals surface area contributed by atoms with E-state index in [-0.39, 0.29) is 11.7 Å². The summed E-state index contributed by atoms with van der Waals surface area (Å²) in [5.74, 6) is 1.75. The summed E-state index contributed by atoms with van der Waals surface area (Å²) < 4.78 is 18.4. The van der Waals surface area contributed by atoms with Crippen LogP contribution in [0.15, 0.2) is 24.5 Å². The molecule has 0 saturated heterocycles. The van der Waals surface area contributed by atoms with Gasteiger partial charge in [0, 0.05) is 18.7 Å². The van der Waals surface area contributed by atoms with E-state index in [0.29, 0.717) is 17.3 Å². The first-order valence-electron chi connectivity index (χ1n) is 6.70. The van der Waals surface area contributed by atoms with Gasteiger partial charge in [-0.15, -0.1) is 0 Å². The highest BCUT2D eigenvalue weighted by molar-refractivity contribution is 5.69. The fourth-order valence-corrected chi connectivity index (χ4v) is 2.14. The summed E-state index contributed by atoms with van der Waals surface area (Å²) in [5.41, 5.74) is 1.62. The molecular formula is C15H19FN4O. The Labute approximate surface area is 123 Å². The van der Waals surface area contributed by atoms with Crippen LogP contribution in [0.3, 0.4) is 0 Å². The van der Waals surface area contributed by atoms with Crippen molar-refractivity contribution in [3.05, 3.63) is 35.9 Å². The molecule has 0 fully saturated rings. The minimum Gasteiger partial charge on any atom is -0.494 e. The van der Waals surface area contributed by atoms with Crippen LogP contribution >= 0.6 is 0 Å². The monoisotopic (exact) mass is 290 g/mol. The highest BCUT2D eigenvalue weighted by atomic mass is 19.1. The van der Waals surface area contributed by atoms with Gasteiger partial charge in [-0.05, 0) is 18.1 Å². The van der Waals surface area contributed by atoms with Crippen LogP contribution in [-0.2, 0) is 0 Å². The number of nitrogens with one attached hydrogen (secondary N) is 2. The average Bonchev–Trinajstić information content (AvgIpc) is 2.48. The lowest BCUT2D eigenvalue weighted by Gasteiger charge is -2.17. The number of rotatable bonds is 5. The molecule has 0 saturated carbocycles. The second-order valence-electron chi connectivity index (χ2n) is 4.86. The van der Waals surface area contributed by atoms with Crippen molar-refractivity contribution in [1.29, 1.82) is 0 Å². The first kappa shape index (κ1) is 15.0. The zero-order valence-corrected chi connectivity index (χ0v) is 12.6. The molecule has 0 radical (unpaired) electrons. The molecule has 0 bridgehead atoms. The predicted octanol–water partition coefficient (Wildman–Crippen LogP) is 3.53. The quantitative estimate of drug-likeness (QED) is 0.882. The second-order valence-corrected chi connectivity index (χ2v) is 4.86. The molecule has 1 aromatic carbocycles. The maximum absolute atomic E-state index is 13.3. The molecule has 0 amide bonds. The zero-order valence-electron chi connectivity index (χ0n) is 12.6. The second kappa shape index (κ2) is 6.39. The Hall–Kier alpha value is -2.37. The van der Waals surface area contributed by atoms with E-state index in [1.54, 1.807) is 6.07 Å². The van der Waals surface area contributed by atoms with Crippen molar-refractivity contribution in [2.45, 2.75) is 19.8 Å². The summed E-state index contributed by atoms with van der Waals surface area (Å²) in [6.07, 6.45) is 1.48. The van der Waals surface area contributed by atoms with Crippen LogP contribution in [0.5, 0.6) is 5.75 Å². The molecule has 5 nitrogen and oxygen atoms in total. The van der Waals surface area contributed by atoms with Gasteiger partial charge in [-0.1, -0.05) is 13.8 Å². The molecule has 0 aliphatic carbocycles. The van der Waals surface area contributed by atoms with Gasteiger partial charge in [-0.2, -0.15) is 0 Å². The third-order valence-electron chi connectivity index (χ3n) is 3.11. The molecule has 21 heavy (non-hydrogen) atoms. The Morgan fingerprint density at radius 1 is 1.19 bits per heavy atom. The molecule has 0 aliphatic heterocycles. The first-order valence-corrected chi connectivity index (χ1v) is 6.70. The first-order chi connectivity index (χ1) is 10.1. The van der Waals surface area contributed by atoms with Gasteiger partial charge in [0.25, 0.3) is 0 Å². The predicted molar refractivity (Wildman–Crippen MR) is 81.9 cm³/mol. The molecular weight excluding hydrogens is 271 g/mol. The van der Waals surface area contributed by atoms with E-state index in [1.165, 1.54) is 25.6 Å². The van der Waals surface area contributed by atoms with Crippen molar-refractivity contribution < 1.29 is 9.13 Å². The standard InChI is InChI=1S/C15H19FN4O/c1-9(2)13-14(17-3)18-8-19-15(13)20-11-6-5-10(16)7-12(11)21-4/h5-9H,1-4H3,(H2,17,18,19,20).